The number of nitrogens with zero attached hydrogens (tertiary/aromatic N) is 1. The van der Waals surface area contributed by atoms with Gasteiger partial charge in [0.15, 0.2) is 18.3 Å². The Bertz CT molecular complexity index is 938. The number of hydrogen-bond donors (Lipinski definition) is 1. The zero-order valence-corrected chi connectivity index (χ0v) is 18.6. The summed E-state index contributed by atoms with van der Waals surface area (Å²) in [4.78, 5) is 23.1. The van der Waals surface area contributed by atoms with Crippen LogP contribution in [0.25, 0.3) is 0 Å². The zero-order valence-electron chi connectivity index (χ0n) is 17.7. The number of hydrogen-bond acceptors (Lipinski definition) is 6. The van der Waals surface area contributed by atoms with Crippen LogP contribution in [0.1, 0.15) is 0 Å². The minimum atomic E-state index is -1.73. The molecule has 1 aromatic rings. The highest BCUT2D eigenvalue weighted by Crippen LogP contribution is 2.42. The van der Waals surface area contributed by atoms with Gasteiger partial charge in [-0.1, -0.05) is 37.4 Å². The largest absolute Gasteiger partial charge is 0.437 e. The first kappa shape index (κ1) is 25.9. The van der Waals surface area contributed by atoms with Crippen molar-refractivity contribution in [3.8, 4) is 5.75 Å². The van der Waals surface area contributed by atoms with E-state index in [4.69, 9.17) is 18.5 Å². The van der Waals surface area contributed by atoms with E-state index >= 15 is 0 Å². The van der Waals surface area contributed by atoms with Gasteiger partial charge in [0.25, 0.3) is 5.91 Å². The molecule has 3 unspecified atom stereocenters. The minimum absolute atomic E-state index is 0.119. The van der Waals surface area contributed by atoms with Crippen LogP contribution in [0.4, 0.5) is 8.78 Å². The van der Waals surface area contributed by atoms with Crippen LogP contribution >= 0.6 is 8.38 Å². The van der Waals surface area contributed by atoms with Crippen LogP contribution in [-0.2, 0) is 23.6 Å². The van der Waals surface area contributed by atoms with Crippen molar-refractivity contribution in [1.82, 2.24) is 10.2 Å². The summed E-state index contributed by atoms with van der Waals surface area (Å²) in [5.74, 6) is -2.39. The molecule has 0 fully saturated rings. The van der Waals surface area contributed by atoms with Gasteiger partial charge in [-0.05, 0) is 24.3 Å². The predicted molar refractivity (Wildman–Crippen MR) is 119 cm³/mol. The second kappa shape index (κ2) is 13.3. The molecule has 8 nitrogen and oxygen atoms in total. The summed E-state index contributed by atoms with van der Waals surface area (Å²) in [6.07, 6.45) is 3.18. The molecule has 0 aliphatic carbocycles. The number of amides is 2. The molecule has 0 aromatic heterocycles. The molecule has 11 heteroatoms. The van der Waals surface area contributed by atoms with E-state index in [0.29, 0.717) is 22.6 Å². The SMILES string of the molecule is C=C/C=C(\C=C)OP(COC1C=C(F)C(N(C=O)/C=C(/F)C(=O)NC)O1)Oc1ccccc1. The highest BCUT2D eigenvalue weighted by atomic mass is 31.2. The summed E-state index contributed by atoms with van der Waals surface area (Å²) in [6.45, 7) is 7.25. The average Bonchev–Trinajstić information content (AvgIpc) is 3.20. The topological polar surface area (TPSA) is 86.3 Å². The number of allylic oxidation sites excluding steroid dienone is 3. The second-order valence-electron chi connectivity index (χ2n) is 6.15. The van der Waals surface area contributed by atoms with Crippen molar-refractivity contribution in [2.24, 2.45) is 0 Å². The van der Waals surface area contributed by atoms with Crippen molar-refractivity contribution in [2.75, 3.05) is 13.4 Å². The van der Waals surface area contributed by atoms with Crippen molar-refractivity contribution in [3.05, 3.63) is 91.4 Å². The van der Waals surface area contributed by atoms with E-state index < -0.39 is 38.5 Å². The Morgan fingerprint density at radius 2 is 2.06 bits per heavy atom. The standard InChI is InChI=1S/C22H23F2N2O6P/c1-4-9-16(5-2)31-33(32-17-10-7-6-8-11-17)15-29-20-12-18(23)22(30-20)26(14-27)13-19(24)21(28)25-3/h4-14,20,22H,1-2,15H2,3H3,(H,25,28)/b16-9+,19-13+. The lowest BCUT2D eigenvalue weighted by molar-refractivity contribution is -0.151. The highest BCUT2D eigenvalue weighted by Gasteiger charge is 2.33. The van der Waals surface area contributed by atoms with E-state index in [9.17, 15) is 18.4 Å². The van der Waals surface area contributed by atoms with E-state index in [2.05, 4.69) is 13.2 Å². The number of benzene rings is 1. The molecule has 0 saturated heterocycles. The maximum Gasteiger partial charge on any atom is 0.318 e. The normalized spacial score (nSPS) is 19.2. The number of halogens is 2. The zero-order chi connectivity index (χ0) is 24.2. The summed E-state index contributed by atoms with van der Waals surface area (Å²) >= 11 is 0. The molecule has 33 heavy (non-hydrogen) atoms. The number of ether oxygens (including phenoxy) is 2. The van der Waals surface area contributed by atoms with E-state index in [0.717, 1.165) is 6.08 Å². The Labute approximate surface area is 191 Å². The van der Waals surface area contributed by atoms with Crippen LogP contribution in [0, 0.1) is 0 Å². The van der Waals surface area contributed by atoms with Gasteiger partial charge in [-0.15, -0.1) is 0 Å². The van der Waals surface area contributed by atoms with Gasteiger partial charge in [-0.2, -0.15) is 4.39 Å². The molecule has 176 valence electrons. The molecule has 0 spiro atoms. The Hall–Kier alpha value is -3.33. The summed E-state index contributed by atoms with van der Waals surface area (Å²) < 4.78 is 50.6. The minimum Gasteiger partial charge on any atom is -0.437 e. The van der Waals surface area contributed by atoms with Crippen molar-refractivity contribution in [3.63, 3.8) is 0 Å². The number of rotatable bonds is 13. The first-order valence-corrected chi connectivity index (χ1v) is 10.9. The molecule has 3 atom stereocenters. The Balaban J connectivity index is 2.07. The molecule has 2 amide bonds. The lowest BCUT2D eigenvalue weighted by Crippen LogP contribution is -2.33. The highest BCUT2D eigenvalue weighted by molar-refractivity contribution is 7.47. The van der Waals surface area contributed by atoms with Gasteiger partial charge in [0.2, 0.25) is 12.2 Å². The van der Waals surface area contributed by atoms with Gasteiger partial charge in [0.1, 0.15) is 17.9 Å². The maximum absolute atomic E-state index is 14.4. The fraction of sp³-hybridized carbons (Fsp3) is 0.182. The predicted octanol–water partition coefficient (Wildman–Crippen LogP) is 4.18. The van der Waals surface area contributed by atoms with Gasteiger partial charge in [0.05, 0.1) is 6.20 Å². The maximum atomic E-state index is 14.4. The molecule has 1 aromatic carbocycles. The van der Waals surface area contributed by atoms with Crippen molar-refractivity contribution in [1.29, 1.82) is 0 Å². The van der Waals surface area contributed by atoms with Crippen molar-refractivity contribution >= 4 is 20.7 Å². The Morgan fingerprint density at radius 3 is 2.67 bits per heavy atom. The summed E-state index contributed by atoms with van der Waals surface area (Å²) in [6, 6.07) is 8.82. The fourth-order valence-corrected chi connectivity index (χ4v) is 3.52. The Morgan fingerprint density at radius 1 is 1.33 bits per heavy atom. The summed E-state index contributed by atoms with van der Waals surface area (Å²) in [5, 5.41) is 2.04. The number of carbonyl (C=O) groups excluding carboxylic acids is 2. The molecule has 0 saturated carbocycles. The lowest BCUT2D eigenvalue weighted by atomic mass is 10.3. The van der Waals surface area contributed by atoms with E-state index in [-0.39, 0.29) is 12.8 Å². The monoisotopic (exact) mass is 480 g/mol. The van der Waals surface area contributed by atoms with Gasteiger partial charge < -0.3 is 23.8 Å². The van der Waals surface area contributed by atoms with Crippen LogP contribution in [0.3, 0.4) is 0 Å². The van der Waals surface area contributed by atoms with Crippen LogP contribution in [0.5, 0.6) is 5.75 Å². The van der Waals surface area contributed by atoms with Gasteiger partial charge >= 0.3 is 8.38 Å². The molecular formula is C22H23F2N2O6P. The van der Waals surface area contributed by atoms with Gasteiger partial charge in [-0.25, -0.2) is 4.39 Å². The molecule has 1 N–H and O–H groups in total. The quantitative estimate of drug-likeness (QED) is 0.150. The van der Waals surface area contributed by atoms with Crippen LogP contribution in [-0.4, -0.2) is 43.1 Å². The van der Waals surface area contributed by atoms with Gasteiger partial charge in [-0.3, -0.25) is 14.5 Å². The second-order valence-corrected chi connectivity index (χ2v) is 7.44. The number of nitrogens with one attached hydrogen (secondary N) is 1. The number of carbonyl (C=O) groups is 2. The van der Waals surface area contributed by atoms with E-state index in [1.165, 1.54) is 19.2 Å². The average molecular weight is 480 g/mol. The third-order valence-electron chi connectivity index (χ3n) is 3.88. The Kier molecular flexibility index (Phi) is 10.4. The molecule has 0 bridgehead atoms. The first-order valence-electron chi connectivity index (χ1n) is 9.52. The lowest BCUT2D eigenvalue weighted by Gasteiger charge is -2.23. The molecule has 1 aliphatic rings. The smallest absolute Gasteiger partial charge is 0.318 e. The van der Waals surface area contributed by atoms with Crippen molar-refractivity contribution in [2.45, 2.75) is 12.5 Å². The van der Waals surface area contributed by atoms with Crippen LogP contribution < -0.4 is 9.84 Å². The van der Waals surface area contributed by atoms with Crippen LogP contribution in [0.15, 0.2) is 91.4 Å². The molecular weight excluding hydrogens is 457 g/mol. The molecule has 0 radical (unpaired) electrons. The van der Waals surface area contributed by atoms with E-state index in [1.54, 1.807) is 30.3 Å². The molecule has 1 heterocycles. The summed E-state index contributed by atoms with van der Waals surface area (Å²) in [7, 11) is -0.526. The third-order valence-corrected chi connectivity index (χ3v) is 5.07. The van der Waals surface area contributed by atoms with Crippen molar-refractivity contribution < 1.29 is 36.9 Å². The molecule has 2 rings (SSSR count). The number of para-hydroxylation sites is 1. The first-order chi connectivity index (χ1) is 15.9. The van der Waals surface area contributed by atoms with Crippen LogP contribution in [0.2, 0.25) is 0 Å². The fourth-order valence-electron chi connectivity index (χ4n) is 2.38. The third kappa shape index (κ3) is 7.94. The molecule has 1 aliphatic heterocycles. The van der Waals surface area contributed by atoms with E-state index in [1.807, 2.05) is 11.4 Å². The number of likely N-dealkylation sites (N-methyl/N-ethyl adjacent to an activating group) is 1. The van der Waals surface area contributed by atoms with Gasteiger partial charge in [0, 0.05) is 13.1 Å². The summed E-state index contributed by atoms with van der Waals surface area (Å²) in [5.41, 5.74) is 0.